The third-order valence-electron chi connectivity index (χ3n) is 1.88. The molecule has 0 radical (unpaired) electrons. The maximum absolute atomic E-state index is 9.57. The van der Waals surface area contributed by atoms with Gasteiger partial charge >= 0.3 is 64.8 Å². The zero-order valence-corrected chi connectivity index (χ0v) is 23.1. The summed E-state index contributed by atoms with van der Waals surface area (Å²) in [5.41, 5.74) is 0. The van der Waals surface area contributed by atoms with Crippen molar-refractivity contribution >= 4 is 43.2 Å². The molecule has 0 atom stereocenters. The first-order valence-corrected chi connectivity index (χ1v) is 13.0. The number of rotatable bonds is 12. The monoisotopic (exact) mass is 478 g/mol. The molecule has 0 bridgehead atoms. The molecule has 0 aliphatic rings. The summed E-state index contributed by atoms with van der Waals surface area (Å²) in [6, 6.07) is 0. The molecule has 152 valence electrons. The summed E-state index contributed by atoms with van der Waals surface area (Å²) >= 11 is 10.4. The van der Waals surface area contributed by atoms with E-state index >= 15 is 0 Å². The Morgan fingerprint density at radius 3 is 1.35 bits per heavy atom. The van der Waals surface area contributed by atoms with Crippen LogP contribution in [-0.2, 0) is 50.8 Å². The van der Waals surface area contributed by atoms with Crippen LogP contribution in [0, 0.1) is 5.92 Å². The summed E-state index contributed by atoms with van der Waals surface area (Å²) in [5, 5.41) is 9.57. The Labute approximate surface area is 209 Å². The molecule has 13 heteroatoms. The quantitative estimate of drug-likeness (QED) is 0.225. The normalized spacial score (nSPS) is 11.3. The summed E-state index contributed by atoms with van der Waals surface area (Å²) in [4.78, 5) is 9.57. The smallest absolute Gasteiger partial charge is 0.549 e. The maximum Gasteiger partial charge on any atom is 1.00 e. The first-order chi connectivity index (χ1) is 11.6. The standard InChI is InChI=1S/C8H20O5P2S2.C5H10O3.K/c1-5-9-14(16,10-6-2)13-15(17,11-7-3)12-8-4;1-4(2)3-8-5(6)7;/h5-8H2,1-4H3;4H,3H2,1-2H3,(H,6,7);/q;;+1/p-1. The SMILES string of the molecule is CC(C)COC(=O)[O-].CCOP(=S)(OCC)OP(=S)(OCC)OCC.[K+]. The molecule has 0 aromatic heterocycles. The number of carboxylic acid groups (broad SMARTS) is 1. The van der Waals surface area contributed by atoms with Gasteiger partial charge in [-0.15, -0.1) is 0 Å². The van der Waals surface area contributed by atoms with Gasteiger partial charge in [0.15, 0.2) is 0 Å². The minimum Gasteiger partial charge on any atom is -0.549 e. The van der Waals surface area contributed by atoms with Crippen LogP contribution in [0.2, 0.25) is 0 Å². The summed E-state index contributed by atoms with van der Waals surface area (Å²) in [6.45, 7) is 7.04. The number of hydrogen-bond acceptors (Lipinski definition) is 10. The molecular weight excluding hydrogens is 449 g/mol. The van der Waals surface area contributed by atoms with E-state index in [0.717, 1.165) is 0 Å². The van der Waals surface area contributed by atoms with Gasteiger partial charge in [-0.1, -0.05) is 13.8 Å². The van der Waals surface area contributed by atoms with E-state index < -0.39 is 19.6 Å². The first kappa shape index (κ1) is 32.7. The van der Waals surface area contributed by atoms with Gasteiger partial charge in [0.1, 0.15) is 0 Å². The molecular formula is C13H29KO8P2S2. The van der Waals surface area contributed by atoms with Gasteiger partial charge in [-0.3, -0.25) is 0 Å². The fourth-order valence-electron chi connectivity index (χ4n) is 1.16. The predicted octanol–water partition coefficient (Wildman–Crippen LogP) is 0.604. The van der Waals surface area contributed by atoms with Crippen molar-refractivity contribution in [3.8, 4) is 0 Å². The molecule has 26 heavy (non-hydrogen) atoms. The zero-order valence-electron chi connectivity index (χ0n) is 16.6. The second-order valence-corrected chi connectivity index (χ2v) is 10.8. The van der Waals surface area contributed by atoms with Crippen LogP contribution in [0.25, 0.3) is 0 Å². The Balaban J connectivity index is -0.000000498. The summed E-state index contributed by atoms with van der Waals surface area (Å²) in [7, 11) is 0. The maximum atomic E-state index is 9.57. The van der Waals surface area contributed by atoms with E-state index in [1.54, 1.807) is 0 Å². The predicted molar refractivity (Wildman–Crippen MR) is 102 cm³/mol. The summed E-state index contributed by atoms with van der Waals surface area (Å²) < 4.78 is 31.0. The summed E-state index contributed by atoms with van der Waals surface area (Å²) in [6.07, 6.45) is -1.45. The number of hydrogen-bond donors (Lipinski definition) is 0. The number of ether oxygens (including phenoxy) is 1. The Hall–Kier alpha value is 2.01. The molecule has 0 spiro atoms. The minimum absolute atomic E-state index is 0. The van der Waals surface area contributed by atoms with Gasteiger partial charge in [0.05, 0.1) is 26.4 Å². The van der Waals surface area contributed by atoms with Gasteiger partial charge in [-0.25, -0.2) is 4.31 Å². The topological polar surface area (TPSA) is 95.5 Å². The molecule has 8 nitrogen and oxygen atoms in total. The second-order valence-electron chi connectivity index (χ2n) is 4.60. The van der Waals surface area contributed by atoms with Crippen molar-refractivity contribution in [2.75, 3.05) is 33.0 Å². The van der Waals surface area contributed by atoms with Crippen LogP contribution >= 0.6 is 13.4 Å². The van der Waals surface area contributed by atoms with Crippen LogP contribution in [0.3, 0.4) is 0 Å². The van der Waals surface area contributed by atoms with Crippen molar-refractivity contribution in [2.45, 2.75) is 41.5 Å². The van der Waals surface area contributed by atoms with Crippen LogP contribution < -0.4 is 56.5 Å². The van der Waals surface area contributed by atoms with Crippen molar-refractivity contribution in [1.29, 1.82) is 0 Å². The van der Waals surface area contributed by atoms with E-state index in [0.29, 0.717) is 26.4 Å². The van der Waals surface area contributed by atoms with Crippen molar-refractivity contribution in [2.24, 2.45) is 5.92 Å². The van der Waals surface area contributed by atoms with Crippen LogP contribution in [0.5, 0.6) is 0 Å². The van der Waals surface area contributed by atoms with Crippen LogP contribution in [-0.4, -0.2) is 39.2 Å². The Morgan fingerprint density at radius 2 is 1.19 bits per heavy atom. The van der Waals surface area contributed by atoms with Crippen molar-refractivity contribution in [3.05, 3.63) is 0 Å². The average molecular weight is 479 g/mol. The third kappa shape index (κ3) is 19.3. The van der Waals surface area contributed by atoms with E-state index in [4.69, 9.17) is 46.0 Å². The Kier molecular flexibility index (Phi) is 23.9. The molecule has 0 aliphatic carbocycles. The van der Waals surface area contributed by atoms with E-state index in [1.165, 1.54) is 0 Å². The molecule has 0 N–H and O–H groups in total. The van der Waals surface area contributed by atoms with Crippen LogP contribution in [0.15, 0.2) is 0 Å². The van der Waals surface area contributed by atoms with E-state index in [9.17, 15) is 9.90 Å². The molecule has 0 amide bonds. The number of carbonyl (C=O) groups is 1. The number of carbonyl (C=O) groups excluding carboxylic acids is 1. The third-order valence-corrected chi connectivity index (χ3v) is 8.25. The molecule has 0 saturated carbocycles. The van der Waals surface area contributed by atoms with Gasteiger partial charge in [0, 0.05) is 6.61 Å². The van der Waals surface area contributed by atoms with Gasteiger partial charge in [0.25, 0.3) is 6.16 Å². The molecule has 0 unspecified atom stereocenters. The molecule has 0 aliphatic heterocycles. The van der Waals surface area contributed by atoms with Gasteiger partial charge in [0.2, 0.25) is 0 Å². The second kappa shape index (κ2) is 19.0. The van der Waals surface area contributed by atoms with Crippen molar-refractivity contribution < 1.29 is 88.4 Å². The van der Waals surface area contributed by atoms with Gasteiger partial charge < -0.3 is 32.7 Å². The van der Waals surface area contributed by atoms with Gasteiger partial charge in [-0.05, 0) is 57.2 Å². The Morgan fingerprint density at radius 1 is 0.885 bits per heavy atom. The largest absolute Gasteiger partial charge is 1.00 e. The Bertz CT molecular complexity index is 406. The molecule has 0 heterocycles. The van der Waals surface area contributed by atoms with E-state index in [1.807, 2.05) is 41.5 Å². The minimum atomic E-state index is -2.87. The molecule has 0 aromatic rings. The van der Waals surface area contributed by atoms with Crippen LogP contribution in [0.4, 0.5) is 4.79 Å². The molecule has 0 aromatic carbocycles. The summed E-state index contributed by atoms with van der Waals surface area (Å²) in [5.74, 6) is 0.243. The van der Waals surface area contributed by atoms with Crippen molar-refractivity contribution in [3.63, 3.8) is 0 Å². The van der Waals surface area contributed by atoms with Crippen LogP contribution in [0.1, 0.15) is 41.5 Å². The molecule has 0 rings (SSSR count). The van der Waals surface area contributed by atoms with Crippen molar-refractivity contribution in [1.82, 2.24) is 0 Å². The molecule has 0 saturated heterocycles. The van der Waals surface area contributed by atoms with E-state index in [-0.39, 0.29) is 63.9 Å². The average Bonchev–Trinajstić information content (AvgIpc) is 2.46. The zero-order chi connectivity index (χ0) is 19.9. The van der Waals surface area contributed by atoms with Gasteiger partial charge in [-0.2, -0.15) is 0 Å². The van der Waals surface area contributed by atoms with E-state index in [2.05, 4.69) is 4.74 Å². The molecule has 0 fully saturated rings. The fraction of sp³-hybridized carbons (Fsp3) is 0.923. The fourth-order valence-corrected chi connectivity index (χ4v) is 7.53. The first-order valence-electron chi connectivity index (χ1n) is 7.91.